The van der Waals surface area contributed by atoms with Crippen LogP contribution < -0.4 is 5.32 Å². The van der Waals surface area contributed by atoms with Crippen LogP contribution in [0.25, 0.3) is 0 Å². The van der Waals surface area contributed by atoms with Crippen LogP contribution in [0.2, 0.25) is 0 Å². The summed E-state index contributed by atoms with van der Waals surface area (Å²) in [6.45, 7) is 1.97. The number of halogens is 3. The minimum absolute atomic E-state index is 0.111. The fraction of sp³-hybridized carbons (Fsp3) is 0.500. The molecule has 2 atom stereocenters. The Labute approximate surface area is 114 Å². The second-order valence-electron chi connectivity index (χ2n) is 5.45. The van der Waals surface area contributed by atoms with Crippen LogP contribution in [-0.2, 0) is 17.4 Å². The number of hydrogen-bond donors (Lipinski definition) is 2. The number of benzene rings is 1. The summed E-state index contributed by atoms with van der Waals surface area (Å²) in [5.74, 6) is -1.08. The van der Waals surface area contributed by atoms with E-state index in [2.05, 4.69) is 5.32 Å². The number of rotatable bonds is 3. The van der Waals surface area contributed by atoms with E-state index in [1.807, 2.05) is 0 Å². The molecule has 110 valence electrons. The predicted octanol–water partition coefficient (Wildman–Crippen LogP) is 2.70. The lowest BCUT2D eigenvalue weighted by Crippen LogP contribution is -2.44. The zero-order valence-electron chi connectivity index (χ0n) is 11.0. The number of nitrogens with one attached hydrogen (secondary N) is 1. The van der Waals surface area contributed by atoms with Crippen molar-refractivity contribution in [1.29, 1.82) is 0 Å². The molecule has 1 saturated heterocycles. The van der Waals surface area contributed by atoms with Crippen molar-refractivity contribution in [3.63, 3.8) is 0 Å². The Balaban J connectivity index is 2.15. The molecule has 1 aromatic rings. The Bertz CT molecular complexity index is 515. The van der Waals surface area contributed by atoms with Crippen LogP contribution in [0.3, 0.4) is 0 Å². The van der Waals surface area contributed by atoms with Crippen LogP contribution in [0.5, 0.6) is 0 Å². The number of aliphatic carboxylic acids is 1. The van der Waals surface area contributed by atoms with Gasteiger partial charge < -0.3 is 10.4 Å². The molecule has 0 bridgehead atoms. The van der Waals surface area contributed by atoms with E-state index in [1.54, 1.807) is 13.0 Å². The third-order valence-corrected chi connectivity index (χ3v) is 3.78. The number of carboxylic acids is 1. The SMILES string of the molecule is CC1(C(=O)O)CC(Cc2ccccc2C(F)(F)F)CN1. The maximum atomic E-state index is 12.9. The van der Waals surface area contributed by atoms with Gasteiger partial charge in [-0.25, -0.2) is 0 Å². The summed E-state index contributed by atoms with van der Waals surface area (Å²) in [6.07, 6.45) is -3.82. The van der Waals surface area contributed by atoms with Crippen LogP contribution in [0.15, 0.2) is 24.3 Å². The minimum Gasteiger partial charge on any atom is -0.480 e. The van der Waals surface area contributed by atoms with Crippen molar-refractivity contribution in [3.8, 4) is 0 Å². The predicted molar refractivity (Wildman–Crippen MR) is 67.3 cm³/mol. The first-order valence-electron chi connectivity index (χ1n) is 6.36. The zero-order valence-corrected chi connectivity index (χ0v) is 11.0. The molecular weight excluding hydrogens is 271 g/mol. The summed E-state index contributed by atoms with van der Waals surface area (Å²) in [5.41, 5.74) is -1.46. The molecule has 0 radical (unpaired) electrons. The summed E-state index contributed by atoms with van der Waals surface area (Å²) in [4.78, 5) is 11.1. The maximum absolute atomic E-state index is 12.9. The van der Waals surface area contributed by atoms with Gasteiger partial charge in [0.2, 0.25) is 0 Å². The third-order valence-electron chi connectivity index (χ3n) is 3.78. The Morgan fingerprint density at radius 2 is 2.10 bits per heavy atom. The quantitative estimate of drug-likeness (QED) is 0.898. The lowest BCUT2D eigenvalue weighted by Gasteiger charge is -2.19. The molecule has 1 aliphatic heterocycles. The fourth-order valence-corrected chi connectivity index (χ4v) is 2.68. The molecule has 0 spiro atoms. The Morgan fingerprint density at radius 3 is 2.65 bits per heavy atom. The molecule has 2 rings (SSSR count). The maximum Gasteiger partial charge on any atom is 0.416 e. The number of alkyl halides is 3. The monoisotopic (exact) mass is 287 g/mol. The molecule has 2 N–H and O–H groups in total. The topological polar surface area (TPSA) is 49.3 Å². The standard InChI is InChI=1S/C14H16F3NO2/c1-13(12(19)20)7-9(8-18-13)6-10-4-2-3-5-11(10)14(15,16)17/h2-5,9,18H,6-8H2,1H3,(H,19,20). The van der Waals surface area contributed by atoms with Crippen molar-refractivity contribution >= 4 is 5.97 Å². The first-order valence-corrected chi connectivity index (χ1v) is 6.36. The van der Waals surface area contributed by atoms with Gasteiger partial charge in [0.15, 0.2) is 0 Å². The molecule has 0 saturated carbocycles. The van der Waals surface area contributed by atoms with E-state index < -0.39 is 23.2 Å². The van der Waals surface area contributed by atoms with Crippen molar-refractivity contribution in [2.45, 2.75) is 31.5 Å². The third kappa shape index (κ3) is 2.95. The molecule has 0 aliphatic carbocycles. The van der Waals surface area contributed by atoms with E-state index in [1.165, 1.54) is 12.1 Å². The highest BCUT2D eigenvalue weighted by Crippen LogP contribution is 2.34. The highest BCUT2D eigenvalue weighted by molar-refractivity contribution is 5.78. The lowest BCUT2D eigenvalue weighted by atomic mass is 9.89. The van der Waals surface area contributed by atoms with Crippen LogP contribution in [0.1, 0.15) is 24.5 Å². The van der Waals surface area contributed by atoms with Gasteiger partial charge in [0, 0.05) is 0 Å². The number of carboxylic acid groups (broad SMARTS) is 1. The van der Waals surface area contributed by atoms with E-state index in [-0.39, 0.29) is 17.9 Å². The van der Waals surface area contributed by atoms with Gasteiger partial charge in [-0.15, -0.1) is 0 Å². The highest BCUT2D eigenvalue weighted by atomic mass is 19.4. The van der Waals surface area contributed by atoms with Crippen LogP contribution in [0.4, 0.5) is 13.2 Å². The van der Waals surface area contributed by atoms with Crippen molar-refractivity contribution in [1.82, 2.24) is 5.32 Å². The van der Waals surface area contributed by atoms with Crippen molar-refractivity contribution in [3.05, 3.63) is 35.4 Å². The smallest absolute Gasteiger partial charge is 0.416 e. The Hall–Kier alpha value is -1.56. The van der Waals surface area contributed by atoms with E-state index in [4.69, 9.17) is 5.11 Å². The molecule has 3 nitrogen and oxygen atoms in total. The minimum atomic E-state index is -4.38. The molecule has 1 aliphatic rings. The molecule has 1 fully saturated rings. The van der Waals surface area contributed by atoms with Gasteiger partial charge in [0.1, 0.15) is 5.54 Å². The average Bonchev–Trinajstić information content (AvgIpc) is 2.72. The summed E-state index contributed by atoms with van der Waals surface area (Å²) in [5, 5.41) is 12.0. The van der Waals surface area contributed by atoms with Crippen LogP contribution in [0, 0.1) is 5.92 Å². The van der Waals surface area contributed by atoms with Gasteiger partial charge >= 0.3 is 12.1 Å². The Kier molecular flexibility index (Phi) is 3.77. The summed E-state index contributed by atoms with van der Waals surface area (Å²) in [7, 11) is 0. The molecule has 1 heterocycles. The van der Waals surface area contributed by atoms with E-state index in [0.717, 1.165) is 6.07 Å². The van der Waals surface area contributed by atoms with Crippen molar-refractivity contribution in [2.24, 2.45) is 5.92 Å². The van der Waals surface area contributed by atoms with Gasteiger partial charge in [-0.05, 0) is 43.9 Å². The van der Waals surface area contributed by atoms with Gasteiger partial charge in [-0.2, -0.15) is 13.2 Å². The molecule has 1 aromatic carbocycles. The van der Waals surface area contributed by atoms with Gasteiger partial charge in [-0.3, -0.25) is 4.79 Å². The fourth-order valence-electron chi connectivity index (χ4n) is 2.68. The van der Waals surface area contributed by atoms with Gasteiger partial charge in [0.05, 0.1) is 5.56 Å². The number of hydrogen-bond acceptors (Lipinski definition) is 2. The molecule has 0 aromatic heterocycles. The summed E-state index contributed by atoms with van der Waals surface area (Å²) in [6, 6.07) is 5.46. The molecule has 20 heavy (non-hydrogen) atoms. The average molecular weight is 287 g/mol. The van der Waals surface area contributed by atoms with Crippen molar-refractivity contribution < 1.29 is 23.1 Å². The van der Waals surface area contributed by atoms with E-state index in [9.17, 15) is 18.0 Å². The molecular formula is C14H16F3NO2. The highest BCUT2D eigenvalue weighted by Gasteiger charge is 2.41. The van der Waals surface area contributed by atoms with Gasteiger partial charge in [-0.1, -0.05) is 18.2 Å². The van der Waals surface area contributed by atoms with E-state index in [0.29, 0.717) is 13.0 Å². The number of carbonyl (C=O) groups is 1. The second kappa shape index (κ2) is 5.09. The summed E-state index contributed by atoms with van der Waals surface area (Å²) < 4.78 is 38.7. The normalized spacial score (nSPS) is 26.7. The summed E-state index contributed by atoms with van der Waals surface area (Å²) >= 11 is 0. The zero-order chi connectivity index (χ0) is 15.0. The van der Waals surface area contributed by atoms with Crippen molar-refractivity contribution in [2.75, 3.05) is 6.54 Å². The molecule has 6 heteroatoms. The molecule has 2 unspecified atom stereocenters. The Morgan fingerprint density at radius 1 is 1.45 bits per heavy atom. The van der Waals surface area contributed by atoms with E-state index >= 15 is 0 Å². The first-order chi connectivity index (χ1) is 9.22. The lowest BCUT2D eigenvalue weighted by molar-refractivity contribution is -0.143. The van der Waals surface area contributed by atoms with Gasteiger partial charge in [0.25, 0.3) is 0 Å². The first kappa shape index (κ1) is 14.8. The largest absolute Gasteiger partial charge is 0.480 e. The van der Waals surface area contributed by atoms with Crippen LogP contribution in [-0.4, -0.2) is 23.2 Å². The molecule has 0 amide bonds. The van der Waals surface area contributed by atoms with Crippen LogP contribution >= 0.6 is 0 Å². The second-order valence-corrected chi connectivity index (χ2v) is 5.45.